The van der Waals surface area contributed by atoms with Gasteiger partial charge in [0.05, 0.1) is 6.20 Å². The largest absolute Gasteiger partial charge is 0.508 e. The molecular weight excluding hydrogens is 242 g/mol. The van der Waals surface area contributed by atoms with Gasteiger partial charge in [0.15, 0.2) is 0 Å². The lowest BCUT2D eigenvalue weighted by Gasteiger charge is -2.03. The second-order valence-electron chi connectivity index (χ2n) is 3.21. The molecule has 1 aromatic heterocycles. The minimum absolute atomic E-state index is 0.118. The Bertz CT molecular complexity index is 538. The zero-order chi connectivity index (χ0) is 12.3. The summed E-state index contributed by atoms with van der Waals surface area (Å²) >= 11 is 1.07. The van der Waals surface area contributed by atoms with Crippen molar-refractivity contribution < 1.29 is 19.7 Å². The molecule has 0 aliphatic carbocycles. The lowest BCUT2D eigenvalue weighted by atomic mass is 10.3. The molecule has 2 rings (SSSR count). The number of benzene rings is 1. The molecule has 0 atom stereocenters. The smallest absolute Gasteiger partial charge is 0.347 e. The maximum Gasteiger partial charge on any atom is 0.347 e. The number of rotatable bonds is 4. The first-order chi connectivity index (χ1) is 8.15. The van der Waals surface area contributed by atoms with Gasteiger partial charge >= 0.3 is 5.97 Å². The van der Waals surface area contributed by atoms with E-state index in [0.29, 0.717) is 10.8 Å². The van der Waals surface area contributed by atoms with Crippen LogP contribution in [-0.4, -0.2) is 21.2 Å². The van der Waals surface area contributed by atoms with E-state index in [1.807, 2.05) is 0 Å². The first-order valence-electron chi connectivity index (χ1n) is 4.75. The van der Waals surface area contributed by atoms with Gasteiger partial charge in [0.25, 0.3) is 0 Å². The van der Waals surface area contributed by atoms with Crippen molar-refractivity contribution in [3.05, 3.63) is 40.3 Å². The predicted octanol–water partition coefficient (Wildman–Crippen LogP) is 2.13. The standard InChI is InChI=1S/C11H9NO4S/c13-7-2-1-3-8(4-7)16-6-10-12-5-9(17-10)11(14)15/h1-5,13H,6H2,(H,14,15). The average molecular weight is 251 g/mol. The summed E-state index contributed by atoms with van der Waals surface area (Å²) in [6.45, 7) is 0.182. The molecule has 0 unspecified atom stereocenters. The van der Waals surface area contributed by atoms with Crippen LogP contribution in [0.4, 0.5) is 0 Å². The first-order valence-corrected chi connectivity index (χ1v) is 5.56. The van der Waals surface area contributed by atoms with E-state index in [2.05, 4.69) is 4.98 Å². The van der Waals surface area contributed by atoms with E-state index in [4.69, 9.17) is 9.84 Å². The molecule has 0 aliphatic rings. The lowest BCUT2D eigenvalue weighted by Crippen LogP contribution is -1.93. The van der Waals surface area contributed by atoms with E-state index < -0.39 is 5.97 Å². The molecule has 1 aromatic carbocycles. The van der Waals surface area contributed by atoms with Gasteiger partial charge in [-0.05, 0) is 12.1 Å². The molecule has 2 aromatic rings. The molecule has 88 valence electrons. The number of carbonyl (C=O) groups is 1. The van der Waals surface area contributed by atoms with Crippen molar-refractivity contribution in [3.63, 3.8) is 0 Å². The Morgan fingerprint density at radius 3 is 2.94 bits per heavy atom. The van der Waals surface area contributed by atoms with E-state index >= 15 is 0 Å². The Morgan fingerprint density at radius 1 is 1.47 bits per heavy atom. The van der Waals surface area contributed by atoms with Crippen molar-refractivity contribution in [1.82, 2.24) is 4.98 Å². The molecule has 0 radical (unpaired) electrons. The maximum absolute atomic E-state index is 10.6. The zero-order valence-corrected chi connectivity index (χ0v) is 9.48. The Kier molecular flexibility index (Phi) is 3.24. The number of aromatic carboxylic acids is 1. The fourth-order valence-electron chi connectivity index (χ4n) is 1.19. The van der Waals surface area contributed by atoms with Gasteiger partial charge in [-0.3, -0.25) is 0 Å². The van der Waals surface area contributed by atoms with Crippen LogP contribution >= 0.6 is 11.3 Å². The van der Waals surface area contributed by atoms with E-state index in [9.17, 15) is 9.90 Å². The highest BCUT2D eigenvalue weighted by atomic mass is 32.1. The summed E-state index contributed by atoms with van der Waals surface area (Å²) in [4.78, 5) is 14.7. The lowest BCUT2D eigenvalue weighted by molar-refractivity contribution is 0.0702. The van der Waals surface area contributed by atoms with Gasteiger partial charge in [0.2, 0.25) is 0 Å². The number of carboxylic acid groups (broad SMARTS) is 1. The van der Waals surface area contributed by atoms with Crippen LogP contribution in [0.25, 0.3) is 0 Å². The third-order valence-electron chi connectivity index (χ3n) is 1.94. The van der Waals surface area contributed by atoms with Gasteiger partial charge in [-0.2, -0.15) is 0 Å². The average Bonchev–Trinajstić information content (AvgIpc) is 2.75. The number of nitrogens with zero attached hydrogens (tertiary/aromatic N) is 1. The SMILES string of the molecule is O=C(O)c1cnc(COc2cccc(O)c2)s1. The van der Waals surface area contributed by atoms with Gasteiger partial charge in [-0.15, -0.1) is 11.3 Å². The second-order valence-corrected chi connectivity index (χ2v) is 4.32. The summed E-state index contributed by atoms with van der Waals surface area (Å²) in [6, 6.07) is 6.38. The number of ether oxygens (including phenoxy) is 1. The van der Waals surface area contributed by atoms with Crippen LogP contribution in [0.3, 0.4) is 0 Å². The summed E-state index contributed by atoms with van der Waals surface area (Å²) in [5.74, 6) is -0.365. The Hall–Kier alpha value is -2.08. The molecule has 0 spiro atoms. The molecule has 6 heteroatoms. The number of thiazole rings is 1. The van der Waals surface area contributed by atoms with Gasteiger partial charge in [0, 0.05) is 6.07 Å². The highest BCUT2D eigenvalue weighted by Gasteiger charge is 2.08. The van der Waals surface area contributed by atoms with Gasteiger partial charge in [-0.1, -0.05) is 6.07 Å². The van der Waals surface area contributed by atoms with Gasteiger partial charge in [-0.25, -0.2) is 9.78 Å². The van der Waals surface area contributed by atoms with E-state index in [1.165, 1.54) is 12.3 Å². The topological polar surface area (TPSA) is 79.7 Å². The summed E-state index contributed by atoms with van der Waals surface area (Å²) < 4.78 is 5.36. The summed E-state index contributed by atoms with van der Waals surface area (Å²) in [7, 11) is 0. The van der Waals surface area contributed by atoms with Crippen LogP contribution in [-0.2, 0) is 6.61 Å². The Balaban J connectivity index is 2.00. The number of phenolic OH excluding ortho intramolecular Hbond substituents is 1. The highest BCUT2D eigenvalue weighted by Crippen LogP contribution is 2.20. The minimum Gasteiger partial charge on any atom is -0.508 e. The molecule has 0 saturated heterocycles. The third-order valence-corrected chi connectivity index (χ3v) is 2.90. The van der Waals surface area contributed by atoms with Crippen molar-refractivity contribution >= 4 is 17.3 Å². The number of carboxylic acids is 1. The molecule has 1 heterocycles. The Morgan fingerprint density at radius 2 is 2.29 bits per heavy atom. The summed E-state index contributed by atoms with van der Waals surface area (Å²) in [5.41, 5.74) is 0. The van der Waals surface area contributed by atoms with Gasteiger partial charge in [0.1, 0.15) is 28.0 Å². The van der Waals surface area contributed by atoms with Crippen LogP contribution in [0.1, 0.15) is 14.7 Å². The molecule has 0 amide bonds. The van der Waals surface area contributed by atoms with Crippen LogP contribution in [0.2, 0.25) is 0 Å². The van der Waals surface area contributed by atoms with Crippen molar-refractivity contribution in [2.24, 2.45) is 0 Å². The fraction of sp³-hybridized carbons (Fsp3) is 0.0909. The van der Waals surface area contributed by atoms with Crippen LogP contribution in [0.15, 0.2) is 30.5 Å². The number of aromatic hydroxyl groups is 1. The fourth-order valence-corrected chi connectivity index (χ4v) is 1.86. The molecular formula is C11H9NO4S. The van der Waals surface area contributed by atoms with Crippen molar-refractivity contribution in [3.8, 4) is 11.5 Å². The third kappa shape index (κ3) is 2.94. The maximum atomic E-state index is 10.6. The molecule has 0 aliphatic heterocycles. The predicted molar refractivity (Wildman–Crippen MR) is 61.5 cm³/mol. The molecule has 0 bridgehead atoms. The number of phenols is 1. The monoisotopic (exact) mass is 251 g/mol. The molecule has 5 nitrogen and oxygen atoms in total. The molecule has 0 saturated carbocycles. The minimum atomic E-state index is -0.994. The van der Waals surface area contributed by atoms with Crippen LogP contribution in [0, 0.1) is 0 Å². The van der Waals surface area contributed by atoms with Crippen molar-refractivity contribution in [2.45, 2.75) is 6.61 Å². The first kappa shape index (κ1) is 11.4. The van der Waals surface area contributed by atoms with E-state index in [-0.39, 0.29) is 17.2 Å². The quantitative estimate of drug-likeness (QED) is 0.870. The van der Waals surface area contributed by atoms with Crippen LogP contribution in [0.5, 0.6) is 11.5 Å². The molecule has 2 N–H and O–H groups in total. The summed E-state index contributed by atoms with van der Waals surface area (Å²) in [5, 5.41) is 18.5. The van der Waals surface area contributed by atoms with Crippen molar-refractivity contribution in [1.29, 1.82) is 0 Å². The highest BCUT2D eigenvalue weighted by molar-refractivity contribution is 7.13. The van der Waals surface area contributed by atoms with E-state index in [0.717, 1.165) is 11.3 Å². The van der Waals surface area contributed by atoms with E-state index in [1.54, 1.807) is 18.2 Å². The summed E-state index contributed by atoms with van der Waals surface area (Å²) in [6.07, 6.45) is 1.30. The van der Waals surface area contributed by atoms with Crippen LogP contribution < -0.4 is 4.74 Å². The second kappa shape index (κ2) is 4.84. The van der Waals surface area contributed by atoms with Crippen molar-refractivity contribution in [2.75, 3.05) is 0 Å². The normalized spacial score (nSPS) is 10.1. The zero-order valence-electron chi connectivity index (χ0n) is 8.66. The number of hydrogen-bond acceptors (Lipinski definition) is 5. The Labute approximate surface area is 101 Å². The number of aromatic nitrogens is 1. The molecule has 17 heavy (non-hydrogen) atoms. The van der Waals surface area contributed by atoms with Gasteiger partial charge < -0.3 is 14.9 Å². The molecule has 0 fully saturated rings. The number of hydrogen-bond donors (Lipinski definition) is 2.